The number of rotatable bonds is 6. The molecule has 1 aliphatic rings. The highest BCUT2D eigenvalue weighted by molar-refractivity contribution is 5.82. The first kappa shape index (κ1) is 20.2. The molecule has 1 aliphatic heterocycles. The van der Waals surface area contributed by atoms with Gasteiger partial charge < -0.3 is 26.0 Å². The van der Waals surface area contributed by atoms with Gasteiger partial charge in [-0.25, -0.2) is 15.0 Å². The quantitative estimate of drug-likeness (QED) is 0.478. The summed E-state index contributed by atoms with van der Waals surface area (Å²) in [5, 5.41) is 21.1. The SMILES string of the molecule is Nc1ncnc2c1nc(CCCNC(=O)C(F)(F)F)n2[C@H]1C[C@H](O)[C@@H](CO)O1. The highest BCUT2D eigenvalue weighted by Crippen LogP contribution is 2.33. The van der Waals surface area contributed by atoms with Crippen molar-refractivity contribution in [3.05, 3.63) is 12.2 Å². The zero-order valence-corrected chi connectivity index (χ0v) is 14.6. The van der Waals surface area contributed by atoms with E-state index >= 15 is 0 Å². The van der Waals surface area contributed by atoms with E-state index in [0.29, 0.717) is 17.0 Å². The maximum absolute atomic E-state index is 12.2. The molecule has 28 heavy (non-hydrogen) atoms. The number of anilines is 1. The van der Waals surface area contributed by atoms with E-state index in [2.05, 4.69) is 15.0 Å². The van der Waals surface area contributed by atoms with E-state index in [1.54, 1.807) is 9.88 Å². The van der Waals surface area contributed by atoms with Crippen LogP contribution in [0.15, 0.2) is 6.33 Å². The van der Waals surface area contributed by atoms with Crippen molar-refractivity contribution >= 4 is 22.9 Å². The first-order valence-electron chi connectivity index (χ1n) is 8.49. The van der Waals surface area contributed by atoms with Crippen LogP contribution in [-0.2, 0) is 16.0 Å². The van der Waals surface area contributed by atoms with E-state index < -0.39 is 30.5 Å². The van der Waals surface area contributed by atoms with Crippen molar-refractivity contribution in [1.82, 2.24) is 24.8 Å². The Morgan fingerprint density at radius 3 is 2.82 bits per heavy atom. The minimum Gasteiger partial charge on any atom is -0.394 e. The van der Waals surface area contributed by atoms with Gasteiger partial charge in [-0.1, -0.05) is 0 Å². The number of carbonyl (C=O) groups is 1. The van der Waals surface area contributed by atoms with Gasteiger partial charge in [-0.2, -0.15) is 13.2 Å². The number of nitrogens with zero attached hydrogens (tertiary/aromatic N) is 4. The lowest BCUT2D eigenvalue weighted by molar-refractivity contribution is -0.173. The third-order valence-electron chi connectivity index (χ3n) is 4.37. The molecule has 3 rings (SSSR count). The number of aromatic nitrogens is 4. The molecule has 0 aromatic carbocycles. The number of nitrogens with two attached hydrogens (primary N) is 1. The number of alkyl halides is 3. The first-order valence-corrected chi connectivity index (χ1v) is 8.49. The number of fused-ring (bicyclic) bond motifs is 1. The highest BCUT2D eigenvalue weighted by Gasteiger charge is 2.38. The molecule has 0 saturated carbocycles. The average Bonchev–Trinajstić information content (AvgIpc) is 3.18. The molecule has 154 valence electrons. The molecule has 0 spiro atoms. The molecule has 0 radical (unpaired) electrons. The molecule has 1 saturated heterocycles. The molecule has 3 heterocycles. The molecule has 13 heteroatoms. The summed E-state index contributed by atoms with van der Waals surface area (Å²) in [7, 11) is 0. The largest absolute Gasteiger partial charge is 0.471 e. The fraction of sp³-hybridized carbons (Fsp3) is 0.600. The van der Waals surface area contributed by atoms with Crippen LogP contribution >= 0.6 is 0 Å². The molecule has 2 aromatic heterocycles. The van der Waals surface area contributed by atoms with Gasteiger partial charge in [-0.05, 0) is 6.42 Å². The van der Waals surface area contributed by atoms with Gasteiger partial charge in [0.2, 0.25) is 0 Å². The maximum atomic E-state index is 12.2. The first-order chi connectivity index (χ1) is 13.2. The number of nitrogens with one attached hydrogen (secondary N) is 1. The van der Waals surface area contributed by atoms with Crippen molar-refractivity contribution in [3.8, 4) is 0 Å². The lowest BCUT2D eigenvalue weighted by atomic mass is 10.2. The van der Waals surface area contributed by atoms with Crippen LogP contribution in [0.2, 0.25) is 0 Å². The fourth-order valence-electron chi connectivity index (χ4n) is 3.04. The predicted octanol–water partition coefficient (Wildman–Crippen LogP) is -0.340. The topological polar surface area (TPSA) is 148 Å². The second kappa shape index (κ2) is 7.85. The lowest BCUT2D eigenvalue weighted by Crippen LogP contribution is -2.37. The molecular formula is C15H19F3N6O4. The summed E-state index contributed by atoms with van der Waals surface area (Å²) in [6.07, 6.45) is -5.55. The van der Waals surface area contributed by atoms with E-state index in [1.807, 2.05) is 0 Å². The molecule has 1 fully saturated rings. The van der Waals surface area contributed by atoms with Gasteiger partial charge in [0.1, 0.15) is 24.5 Å². The van der Waals surface area contributed by atoms with E-state index in [4.69, 9.17) is 10.5 Å². The molecule has 0 unspecified atom stereocenters. The van der Waals surface area contributed by atoms with Crippen LogP contribution in [0.25, 0.3) is 11.2 Å². The maximum Gasteiger partial charge on any atom is 0.471 e. The van der Waals surface area contributed by atoms with E-state index in [-0.39, 0.29) is 38.2 Å². The number of aliphatic hydroxyl groups excluding tert-OH is 2. The third-order valence-corrected chi connectivity index (χ3v) is 4.37. The van der Waals surface area contributed by atoms with Crippen LogP contribution in [0.5, 0.6) is 0 Å². The van der Waals surface area contributed by atoms with Gasteiger partial charge in [-0.3, -0.25) is 9.36 Å². The van der Waals surface area contributed by atoms with Crippen molar-refractivity contribution in [1.29, 1.82) is 0 Å². The minimum atomic E-state index is -4.94. The van der Waals surface area contributed by atoms with Crippen LogP contribution in [0.3, 0.4) is 0 Å². The fourth-order valence-corrected chi connectivity index (χ4v) is 3.04. The van der Waals surface area contributed by atoms with Gasteiger partial charge in [0.25, 0.3) is 0 Å². The molecule has 2 aromatic rings. The van der Waals surface area contributed by atoms with E-state index in [0.717, 1.165) is 0 Å². The summed E-state index contributed by atoms with van der Waals surface area (Å²) < 4.78 is 44.0. The molecule has 0 bridgehead atoms. The molecular weight excluding hydrogens is 385 g/mol. The van der Waals surface area contributed by atoms with Gasteiger partial charge in [0.15, 0.2) is 17.0 Å². The Kier molecular flexibility index (Phi) is 5.67. The van der Waals surface area contributed by atoms with Crippen LogP contribution in [0, 0.1) is 0 Å². The van der Waals surface area contributed by atoms with Crippen molar-refractivity contribution in [2.75, 3.05) is 18.9 Å². The Morgan fingerprint density at radius 1 is 1.43 bits per heavy atom. The van der Waals surface area contributed by atoms with Crippen molar-refractivity contribution in [3.63, 3.8) is 0 Å². The third kappa shape index (κ3) is 4.00. The molecule has 1 amide bonds. The summed E-state index contributed by atoms with van der Waals surface area (Å²) in [5.74, 6) is -1.49. The number of ether oxygens (including phenoxy) is 1. The number of hydrogen-bond donors (Lipinski definition) is 4. The van der Waals surface area contributed by atoms with Gasteiger partial charge in [0.05, 0.1) is 12.7 Å². The standard InChI is InChI=1S/C15H19F3N6O4/c16-15(17,18)14(27)20-3-1-2-9-23-11-12(19)21-6-22-13(11)24(9)10-4-7(26)8(5-25)28-10/h6-8,10,25-26H,1-5H2,(H,20,27)(H2,19,21,22)/t7-,8+,10+/m0/s1. The monoisotopic (exact) mass is 404 g/mol. The number of aliphatic hydroxyl groups is 2. The summed E-state index contributed by atoms with van der Waals surface area (Å²) in [4.78, 5) is 23.2. The number of amides is 1. The van der Waals surface area contributed by atoms with Gasteiger partial charge >= 0.3 is 12.1 Å². The Morgan fingerprint density at radius 2 is 2.18 bits per heavy atom. The summed E-state index contributed by atoms with van der Waals surface area (Å²) >= 11 is 0. The Labute approximate surface area is 156 Å². The number of carbonyl (C=O) groups excluding carboxylic acids is 1. The average molecular weight is 404 g/mol. The van der Waals surface area contributed by atoms with Gasteiger partial charge in [0, 0.05) is 19.4 Å². The van der Waals surface area contributed by atoms with Crippen LogP contribution in [0.4, 0.5) is 19.0 Å². The number of hydrogen-bond acceptors (Lipinski definition) is 8. The zero-order valence-electron chi connectivity index (χ0n) is 14.6. The second-order valence-corrected chi connectivity index (χ2v) is 6.30. The minimum absolute atomic E-state index is 0.118. The summed E-state index contributed by atoms with van der Waals surface area (Å²) in [5.41, 5.74) is 6.46. The van der Waals surface area contributed by atoms with Crippen molar-refractivity contribution in [2.24, 2.45) is 0 Å². The Balaban J connectivity index is 1.80. The van der Waals surface area contributed by atoms with Crippen molar-refractivity contribution < 1.29 is 32.9 Å². The molecule has 3 atom stereocenters. The summed E-state index contributed by atoms with van der Waals surface area (Å²) in [6.45, 7) is -0.587. The van der Waals surface area contributed by atoms with E-state index in [9.17, 15) is 28.2 Å². The Bertz CT molecular complexity index is 858. The highest BCUT2D eigenvalue weighted by atomic mass is 19.4. The van der Waals surface area contributed by atoms with Gasteiger partial charge in [-0.15, -0.1) is 0 Å². The van der Waals surface area contributed by atoms with Crippen molar-refractivity contribution in [2.45, 2.75) is 43.9 Å². The summed E-state index contributed by atoms with van der Waals surface area (Å²) in [6, 6.07) is 0. The zero-order chi connectivity index (χ0) is 20.5. The smallest absolute Gasteiger partial charge is 0.394 e. The normalized spacial score (nSPS) is 22.7. The van der Waals surface area contributed by atoms with Crippen LogP contribution in [0.1, 0.15) is 24.9 Å². The lowest BCUT2D eigenvalue weighted by Gasteiger charge is -2.16. The molecule has 10 nitrogen and oxygen atoms in total. The van der Waals surface area contributed by atoms with Crippen LogP contribution in [-0.4, -0.2) is 67.2 Å². The number of halogens is 3. The number of aryl methyl sites for hydroxylation is 1. The van der Waals surface area contributed by atoms with E-state index in [1.165, 1.54) is 6.33 Å². The number of nitrogen functional groups attached to an aromatic ring is 1. The van der Waals surface area contributed by atoms with Crippen LogP contribution < -0.4 is 11.1 Å². The Hall–Kier alpha value is -2.51. The molecule has 0 aliphatic carbocycles. The predicted molar refractivity (Wildman–Crippen MR) is 88.7 cm³/mol. The second-order valence-electron chi connectivity index (χ2n) is 6.30. The number of imidazole rings is 1. The molecule has 5 N–H and O–H groups in total.